The molecule has 1 N–H and O–H groups in total. The smallest absolute Gasteiger partial charge is 0.325 e. The lowest BCUT2D eigenvalue weighted by Gasteiger charge is -2.27. The molecular weight excluding hydrogens is 298 g/mol. The van der Waals surface area contributed by atoms with E-state index in [2.05, 4.69) is 5.32 Å². The first kappa shape index (κ1) is 16.6. The van der Waals surface area contributed by atoms with Gasteiger partial charge in [-0.2, -0.15) is 5.26 Å². The quantitative estimate of drug-likeness (QED) is 0.807. The van der Waals surface area contributed by atoms with Crippen molar-refractivity contribution in [2.24, 2.45) is 0 Å². The van der Waals surface area contributed by atoms with Crippen LogP contribution in [0.2, 0.25) is 0 Å². The van der Waals surface area contributed by atoms with E-state index in [1.165, 1.54) is 14.2 Å². The van der Waals surface area contributed by atoms with Gasteiger partial charge in [0.1, 0.15) is 17.0 Å². The fraction of sp³-hybridized carbons (Fsp3) is 0.438. The Balaban J connectivity index is 2.52. The summed E-state index contributed by atoms with van der Waals surface area (Å²) in [5.74, 6) is 0.668. The molecule has 23 heavy (non-hydrogen) atoms. The Hall–Kier alpha value is -2.75. The lowest BCUT2D eigenvalue weighted by atomic mass is 9.86. The maximum atomic E-state index is 12.9. The van der Waals surface area contributed by atoms with Crippen LogP contribution in [-0.2, 0) is 10.3 Å². The summed E-state index contributed by atoms with van der Waals surface area (Å²) >= 11 is 0. The Morgan fingerprint density at radius 1 is 1.30 bits per heavy atom. The highest BCUT2D eigenvalue weighted by molar-refractivity contribution is 6.07. The molecule has 0 spiro atoms. The minimum Gasteiger partial charge on any atom is -0.497 e. The summed E-state index contributed by atoms with van der Waals surface area (Å²) in [5, 5.41) is 11.5. The summed E-state index contributed by atoms with van der Waals surface area (Å²) in [6.45, 7) is 1.88. The highest BCUT2D eigenvalue weighted by Crippen LogP contribution is 2.39. The summed E-state index contributed by atoms with van der Waals surface area (Å²) in [6.07, 6.45) is 0.443. The largest absolute Gasteiger partial charge is 0.497 e. The molecule has 3 amide bonds. The Bertz CT molecular complexity index is 668. The van der Waals surface area contributed by atoms with Gasteiger partial charge in [0.2, 0.25) is 0 Å². The van der Waals surface area contributed by atoms with E-state index in [9.17, 15) is 9.59 Å². The third-order valence-electron chi connectivity index (χ3n) is 4.02. The number of carbonyl (C=O) groups is 2. The number of carbonyl (C=O) groups excluding carboxylic acids is 2. The van der Waals surface area contributed by atoms with E-state index in [1.54, 1.807) is 18.2 Å². The molecule has 0 bridgehead atoms. The molecule has 7 nitrogen and oxygen atoms in total. The second-order valence-electron chi connectivity index (χ2n) is 5.12. The number of hydrogen-bond donors (Lipinski definition) is 1. The monoisotopic (exact) mass is 317 g/mol. The molecule has 1 aliphatic heterocycles. The van der Waals surface area contributed by atoms with Crippen molar-refractivity contribution >= 4 is 11.9 Å². The number of benzene rings is 1. The third kappa shape index (κ3) is 2.68. The molecule has 0 aliphatic carbocycles. The van der Waals surface area contributed by atoms with Gasteiger partial charge in [-0.05, 0) is 24.6 Å². The SMILES string of the molecule is CCC1(c2cc(OC)ccc2OC)NC(=O)N(CCC#N)C1=O. The normalized spacial score (nSPS) is 20.2. The first-order valence-corrected chi connectivity index (χ1v) is 7.27. The van der Waals surface area contributed by atoms with Crippen molar-refractivity contribution in [3.05, 3.63) is 23.8 Å². The highest BCUT2D eigenvalue weighted by Gasteiger charge is 2.52. The fourth-order valence-corrected chi connectivity index (χ4v) is 2.75. The summed E-state index contributed by atoms with van der Waals surface area (Å²) in [5.41, 5.74) is -0.675. The van der Waals surface area contributed by atoms with Crippen molar-refractivity contribution in [2.45, 2.75) is 25.3 Å². The van der Waals surface area contributed by atoms with Gasteiger partial charge in [-0.25, -0.2) is 4.79 Å². The molecule has 2 rings (SSSR count). The Kier molecular flexibility index (Phi) is 4.74. The number of urea groups is 1. The molecule has 0 radical (unpaired) electrons. The van der Waals surface area contributed by atoms with Crippen LogP contribution in [0.25, 0.3) is 0 Å². The zero-order valence-corrected chi connectivity index (χ0v) is 13.4. The number of nitriles is 1. The molecule has 122 valence electrons. The van der Waals surface area contributed by atoms with Crippen LogP contribution < -0.4 is 14.8 Å². The maximum Gasteiger partial charge on any atom is 0.325 e. The summed E-state index contributed by atoms with van der Waals surface area (Å²) in [4.78, 5) is 26.2. The summed E-state index contributed by atoms with van der Waals surface area (Å²) in [6, 6.07) is 6.55. The van der Waals surface area contributed by atoms with Crippen LogP contribution in [0.15, 0.2) is 18.2 Å². The van der Waals surface area contributed by atoms with Gasteiger partial charge in [0.15, 0.2) is 0 Å². The molecule has 0 aromatic heterocycles. The van der Waals surface area contributed by atoms with E-state index >= 15 is 0 Å². The van der Waals surface area contributed by atoms with Crippen LogP contribution in [0.1, 0.15) is 25.3 Å². The molecule has 1 saturated heterocycles. The molecular formula is C16H19N3O4. The lowest BCUT2D eigenvalue weighted by Crippen LogP contribution is -2.43. The van der Waals surface area contributed by atoms with Gasteiger partial charge in [0, 0.05) is 12.1 Å². The van der Waals surface area contributed by atoms with Gasteiger partial charge >= 0.3 is 6.03 Å². The van der Waals surface area contributed by atoms with Gasteiger partial charge in [0.05, 0.1) is 26.7 Å². The highest BCUT2D eigenvalue weighted by atomic mass is 16.5. The van der Waals surface area contributed by atoms with Crippen molar-refractivity contribution in [3.63, 3.8) is 0 Å². The maximum absolute atomic E-state index is 12.9. The molecule has 7 heteroatoms. The van der Waals surface area contributed by atoms with E-state index in [0.717, 1.165) is 4.90 Å². The van der Waals surface area contributed by atoms with Gasteiger partial charge in [-0.15, -0.1) is 0 Å². The Morgan fingerprint density at radius 3 is 2.61 bits per heavy atom. The number of imide groups is 1. The fourth-order valence-electron chi connectivity index (χ4n) is 2.75. The molecule has 1 aliphatic rings. The van der Waals surface area contributed by atoms with E-state index in [-0.39, 0.29) is 18.9 Å². The number of rotatable bonds is 6. The number of methoxy groups -OCH3 is 2. The van der Waals surface area contributed by atoms with E-state index in [0.29, 0.717) is 23.5 Å². The standard InChI is InChI=1S/C16H19N3O4/c1-4-16(12-10-11(22-2)6-7-13(12)23-3)14(20)19(9-5-8-17)15(21)18-16/h6-7,10H,4-5,9H2,1-3H3,(H,18,21). The second kappa shape index (κ2) is 6.57. The predicted molar refractivity (Wildman–Crippen MR) is 82.0 cm³/mol. The predicted octanol–water partition coefficient (Wildman–Crippen LogP) is 1.77. The summed E-state index contributed by atoms with van der Waals surface area (Å²) < 4.78 is 10.6. The molecule has 1 unspecified atom stereocenters. The molecule has 0 saturated carbocycles. The van der Waals surface area contributed by atoms with Crippen molar-refractivity contribution < 1.29 is 19.1 Å². The minimum absolute atomic E-state index is 0.0647. The molecule has 1 aromatic rings. The summed E-state index contributed by atoms with van der Waals surface area (Å²) in [7, 11) is 3.03. The van der Waals surface area contributed by atoms with E-state index in [1.807, 2.05) is 13.0 Å². The third-order valence-corrected chi connectivity index (χ3v) is 4.02. The zero-order chi connectivity index (χ0) is 17.0. The molecule has 1 heterocycles. The van der Waals surface area contributed by atoms with Crippen LogP contribution in [-0.4, -0.2) is 37.6 Å². The van der Waals surface area contributed by atoms with Gasteiger partial charge in [0.25, 0.3) is 5.91 Å². The van der Waals surface area contributed by atoms with E-state index in [4.69, 9.17) is 14.7 Å². The minimum atomic E-state index is -1.22. The molecule has 1 fully saturated rings. The van der Waals surface area contributed by atoms with E-state index < -0.39 is 11.6 Å². The number of hydrogen-bond acceptors (Lipinski definition) is 5. The van der Waals surface area contributed by atoms with Crippen LogP contribution >= 0.6 is 0 Å². The van der Waals surface area contributed by atoms with Gasteiger partial charge in [-0.3, -0.25) is 9.69 Å². The van der Waals surface area contributed by atoms with Crippen molar-refractivity contribution in [1.29, 1.82) is 5.26 Å². The van der Waals surface area contributed by atoms with Crippen LogP contribution in [0.3, 0.4) is 0 Å². The topological polar surface area (TPSA) is 91.7 Å². The van der Waals surface area contributed by atoms with Gasteiger partial charge < -0.3 is 14.8 Å². The van der Waals surface area contributed by atoms with Crippen LogP contribution in [0.5, 0.6) is 11.5 Å². The Morgan fingerprint density at radius 2 is 2.04 bits per heavy atom. The molecule has 1 aromatic carbocycles. The lowest BCUT2D eigenvalue weighted by molar-refractivity contribution is -0.131. The number of nitrogens with zero attached hydrogens (tertiary/aromatic N) is 2. The number of amides is 3. The van der Waals surface area contributed by atoms with Crippen LogP contribution in [0.4, 0.5) is 4.79 Å². The van der Waals surface area contributed by atoms with Crippen molar-refractivity contribution in [3.8, 4) is 17.6 Å². The zero-order valence-electron chi connectivity index (χ0n) is 13.4. The average molecular weight is 317 g/mol. The first-order valence-electron chi connectivity index (χ1n) is 7.27. The molecule has 1 atom stereocenters. The van der Waals surface area contributed by atoms with Crippen molar-refractivity contribution in [1.82, 2.24) is 10.2 Å². The van der Waals surface area contributed by atoms with Gasteiger partial charge in [-0.1, -0.05) is 6.92 Å². The van der Waals surface area contributed by atoms with Crippen molar-refractivity contribution in [2.75, 3.05) is 20.8 Å². The first-order chi connectivity index (χ1) is 11.0. The average Bonchev–Trinajstić information content (AvgIpc) is 2.83. The number of ether oxygens (including phenoxy) is 2. The Labute approximate surface area is 134 Å². The number of nitrogens with one attached hydrogen (secondary N) is 1. The van der Waals surface area contributed by atoms with Crippen LogP contribution in [0, 0.1) is 11.3 Å². The second-order valence-corrected chi connectivity index (χ2v) is 5.12.